The number of thioether (sulfide) groups is 1. The van der Waals surface area contributed by atoms with Crippen molar-refractivity contribution in [3.8, 4) is 11.3 Å². The van der Waals surface area contributed by atoms with Crippen LogP contribution < -0.4 is 0 Å². The zero-order valence-corrected chi connectivity index (χ0v) is 16.0. The predicted molar refractivity (Wildman–Crippen MR) is 99.8 cm³/mol. The number of hydrogen-bond acceptors (Lipinski definition) is 6. The number of aromatic nitrogens is 2. The summed E-state index contributed by atoms with van der Waals surface area (Å²) < 4.78 is 52.6. The molecule has 3 rings (SSSR count). The number of halogens is 4. The highest BCUT2D eigenvalue weighted by Crippen LogP contribution is 2.32. The van der Waals surface area contributed by atoms with Crippen molar-refractivity contribution in [2.45, 2.75) is 43.4 Å². The van der Waals surface area contributed by atoms with E-state index in [4.69, 9.17) is 4.84 Å². The molecule has 1 aliphatic rings. The fourth-order valence-corrected chi connectivity index (χ4v) is 3.35. The highest BCUT2D eigenvalue weighted by atomic mass is 32.2. The van der Waals surface area contributed by atoms with Crippen molar-refractivity contribution in [1.82, 2.24) is 9.97 Å². The number of alkyl halides is 3. The van der Waals surface area contributed by atoms with Crippen LogP contribution in [-0.4, -0.2) is 27.4 Å². The van der Waals surface area contributed by atoms with Crippen LogP contribution in [0.25, 0.3) is 11.3 Å². The second-order valence-corrected chi connectivity index (χ2v) is 7.34. The van der Waals surface area contributed by atoms with Gasteiger partial charge in [0, 0.05) is 5.56 Å². The fourth-order valence-electron chi connectivity index (χ4n) is 2.72. The minimum Gasteiger partial charge on any atom is -0.317 e. The maximum atomic E-state index is 13.2. The Morgan fingerprint density at radius 2 is 1.79 bits per heavy atom. The van der Waals surface area contributed by atoms with E-state index in [1.54, 1.807) is 0 Å². The Morgan fingerprint density at radius 3 is 2.45 bits per heavy atom. The number of hydrogen-bond donors (Lipinski definition) is 0. The number of carbonyl (C=O) groups is 1. The monoisotopic (exact) mass is 427 g/mol. The van der Waals surface area contributed by atoms with E-state index in [2.05, 4.69) is 15.1 Å². The lowest BCUT2D eigenvalue weighted by Gasteiger charge is -2.11. The molecule has 0 N–H and O–H groups in total. The molecule has 1 aliphatic carbocycles. The van der Waals surface area contributed by atoms with Gasteiger partial charge in [-0.3, -0.25) is 0 Å². The summed E-state index contributed by atoms with van der Waals surface area (Å²) in [6.07, 6.45) is -0.0340. The average molecular weight is 427 g/mol. The number of rotatable bonds is 5. The molecule has 1 aromatic heterocycles. The zero-order chi connectivity index (χ0) is 20.9. The summed E-state index contributed by atoms with van der Waals surface area (Å²) in [6.45, 7) is 0. The molecule has 0 aliphatic heterocycles. The first-order chi connectivity index (χ1) is 13.8. The SMILES string of the molecule is O=C(CSc1nc(-c2ccc(F)cc2)cc(C(F)(F)F)n1)ON=C1CCCCC1. The Balaban J connectivity index is 1.73. The van der Waals surface area contributed by atoms with Crippen LogP contribution in [0.5, 0.6) is 0 Å². The predicted octanol–water partition coefficient (Wildman–Crippen LogP) is 5.26. The molecule has 0 radical (unpaired) electrons. The van der Waals surface area contributed by atoms with Gasteiger partial charge in [-0.25, -0.2) is 19.2 Å². The van der Waals surface area contributed by atoms with Gasteiger partial charge in [0.15, 0.2) is 5.16 Å². The van der Waals surface area contributed by atoms with Gasteiger partial charge in [-0.15, -0.1) is 0 Å². The lowest BCUT2D eigenvalue weighted by molar-refractivity contribution is -0.141. The maximum absolute atomic E-state index is 13.2. The van der Waals surface area contributed by atoms with E-state index >= 15 is 0 Å². The smallest absolute Gasteiger partial charge is 0.317 e. The first kappa shape index (κ1) is 21.2. The van der Waals surface area contributed by atoms with Gasteiger partial charge in [0.2, 0.25) is 0 Å². The van der Waals surface area contributed by atoms with Crippen LogP contribution in [0.2, 0.25) is 0 Å². The van der Waals surface area contributed by atoms with Crippen molar-refractivity contribution in [3.05, 3.63) is 41.8 Å². The van der Waals surface area contributed by atoms with Crippen molar-refractivity contribution in [1.29, 1.82) is 0 Å². The summed E-state index contributed by atoms with van der Waals surface area (Å²) >= 11 is 0.717. The Morgan fingerprint density at radius 1 is 1.10 bits per heavy atom. The lowest BCUT2D eigenvalue weighted by atomic mass is 9.99. The summed E-state index contributed by atoms with van der Waals surface area (Å²) in [5.41, 5.74) is -0.0632. The Kier molecular flexibility index (Phi) is 6.83. The summed E-state index contributed by atoms with van der Waals surface area (Å²) in [6, 6.07) is 5.67. The summed E-state index contributed by atoms with van der Waals surface area (Å²) in [4.78, 5) is 24.2. The third-order valence-corrected chi connectivity index (χ3v) is 4.98. The van der Waals surface area contributed by atoms with Crippen molar-refractivity contribution in [2.24, 2.45) is 5.16 Å². The highest BCUT2D eigenvalue weighted by molar-refractivity contribution is 7.99. The van der Waals surface area contributed by atoms with Crippen LogP contribution >= 0.6 is 11.8 Å². The minimum atomic E-state index is -4.69. The van der Waals surface area contributed by atoms with E-state index < -0.39 is 23.7 Å². The van der Waals surface area contributed by atoms with Crippen LogP contribution in [0, 0.1) is 5.82 Å². The van der Waals surface area contributed by atoms with Crippen LogP contribution in [0.3, 0.4) is 0 Å². The van der Waals surface area contributed by atoms with Crippen LogP contribution in [0.4, 0.5) is 17.6 Å². The molecule has 1 fully saturated rings. The van der Waals surface area contributed by atoms with Crippen LogP contribution in [0.1, 0.15) is 37.8 Å². The molecular formula is C19H17F4N3O2S. The summed E-state index contributed by atoms with van der Waals surface area (Å²) in [7, 11) is 0. The molecular weight excluding hydrogens is 410 g/mol. The van der Waals surface area contributed by atoms with E-state index in [-0.39, 0.29) is 16.6 Å². The van der Waals surface area contributed by atoms with Crippen molar-refractivity contribution in [2.75, 3.05) is 5.75 Å². The lowest BCUT2D eigenvalue weighted by Crippen LogP contribution is -2.12. The number of nitrogens with zero attached hydrogens (tertiary/aromatic N) is 3. The van der Waals surface area contributed by atoms with Gasteiger partial charge in [0.1, 0.15) is 17.3 Å². The highest BCUT2D eigenvalue weighted by Gasteiger charge is 2.34. The fraction of sp³-hybridized carbons (Fsp3) is 0.368. The molecule has 0 saturated heterocycles. The van der Waals surface area contributed by atoms with Gasteiger partial charge in [0.05, 0.1) is 11.4 Å². The Labute approximate surface area is 168 Å². The Bertz CT molecular complexity index is 893. The van der Waals surface area contributed by atoms with Gasteiger partial charge in [-0.2, -0.15) is 13.2 Å². The minimum absolute atomic E-state index is 0.0226. The topological polar surface area (TPSA) is 64.4 Å². The van der Waals surface area contributed by atoms with E-state index in [1.807, 2.05) is 0 Å². The normalized spacial score (nSPS) is 14.6. The van der Waals surface area contributed by atoms with Crippen LogP contribution in [0.15, 0.2) is 40.6 Å². The molecule has 1 saturated carbocycles. The van der Waals surface area contributed by atoms with Crippen LogP contribution in [-0.2, 0) is 15.8 Å². The molecule has 0 bridgehead atoms. The maximum Gasteiger partial charge on any atom is 0.433 e. The molecule has 5 nitrogen and oxygen atoms in total. The number of carbonyl (C=O) groups excluding carboxylic acids is 1. The van der Waals surface area contributed by atoms with Gasteiger partial charge in [0.25, 0.3) is 0 Å². The third kappa shape index (κ3) is 6.25. The zero-order valence-electron chi connectivity index (χ0n) is 15.2. The molecule has 0 spiro atoms. The molecule has 154 valence electrons. The summed E-state index contributed by atoms with van der Waals surface area (Å²) in [5.74, 6) is -1.51. The number of oxime groups is 1. The molecule has 0 unspecified atom stereocenters. The molecule has 29 heavy (non-hydrogen) atoms. The van der Waals surface area contributed by atoms with E-state index in [1.165, 1.54) is 12.1 Å². The molecule has 0 atom stereocenters. The first-order valence-electron chi connectivity index (χ1n) is 8.92. The van der Waals surface area contributed by atoms with Gasteiger partial charge < -0.3 is 4.84 Å². The quantitative estimate of drug-likeness (QED) is 0.214. The first-order valence-corrected chi connectivity index (χ1v) is 9.90. The molecule has 2 aromatic rings. The largest absolute Gasteiger partial charge is 0.433 e. The third-order valence-electron chi connectivity index (χ3n) is 4.16. The Hall–Kier alpha value is -2.49. The summed E-state index contributed by atoms with van der Waals surface area (Å²) in [5, 5.41) is 3.59. The van der Waals surface area contributed by atoms with E-state index in [0.29, 0.717) is 5.56 Å². The van der Waals surface area contributed by atoms with Crippen molar-refractivity contribution in [3.63, 3.8) is 0 Å². The van der Waals surface area contributed by atoms with E-state index in [9.17, 15) is 22.4 Å². The second kappa shape index (κ2) is 9.34. The second-order valence-electron chi connectivity index (χ2n) is 6.40. The molecule has 10 heteroatoms. The van der Waals surface area contributed by atoms with E-state index in [0.717, 1.165) is 67.8 Å². The average Bonchev–Trinajstić information content (AvgIpc) is 2.71. The molecule has 1 heterocycles. The van der Waals surface area contributed by atoms with Gasteiger partial charge in [-0.1, -0.05) is 23.3 Å². The molecule has 1 aromatic carbocycles. The van der Waals surface area contributed by atoms with Crippen molar-refractivity contribution < 1.29 is 27.2 Å². The molecule has 0 amide bonds. The van der Waals surface area contributed by atoms with Gasteiger partial charge >= 0.3 is 12.1 Å². The standard InChI is InChI=1S/C19H17F4N3O2S/c20-13-8-6-12(7-9-13)15-10-16(19(21,22)23)25-18(24-15)29-11-17(27)28-26-14-4-2-1-3-5-14/h6-10H,1-5,11H2. The number of benzene rings is 1. The van der Waals surface area contributed by atoms with Crippen molar-refractivity contribution >= 4 is 23.4 Å². The van der Waals surface area contributed by atoms with Gasteiger partial charge in [-0.05, 0) is 56.0 Å².